The van der Waals surface area contributed by atoms with Crippen LogP contribution in [0.2, 0.25) is 5.02 Å². The van der Waals surface area contributed by atoms with Gasteiger partial charge in [-0.3, -0.25) is 10.1 Å². The fourth-order valence-corrected chi connectivity index (χ4v) is 5.92. The predicted octanol–water partition coefficient (Wildman–Crippen LogP) is 8.17. The van der Waals surface area contributed by atoms with E-state index in [1.807, 2.05) is 68.4 Å². The van der Waals surface area contributed by atoms with Crippen LogP contribution in [0.3, 0.4) is 0 Å². The molecule has 194 valence electrons. The number of anilines is 1. The number of hydrogen-bond acceptors (Lipinski definition) is 5. The van der Waals surface area contributed by atoms with Gasteiger partial charge in [-0.05, 0) is 79.0 Å². The minimum Gasteiger partial charge on any atom is -0.481 e. The summed E-state index contributed by atoms with van der Waals surface area (Å²) >= 11 is 7.57. The van der Waals surface area contributed by atoms with Crippen LogP contribution in [-0.4, -0.2) is 21.5 Å². The lowest BCUT2D eigenvalue weighted by molar-refractivity contribution is -0.140. The van der Waals surface area contributed by atoms with Gasteiger partial charge in [0, 0.05) is 10.6 Å². The van der Waals surface area contributed by atoms with Crippen LogP contribution in [0.1, 0.15) is 48.3 Å². The molecule has 1 aliphatic carbocycles. The van der Waals surface area contributed by atoms with Gasteiger partial charge in [0.1, 0.15) is 6.10 Å². The molecule has 5 rings (SSSR count). The van der Waals surface area contributed by atoms with Gasteiger partial charge in [0.25, 0.3) is 0 Å². The summed E-state index contributed by atoms with van der Waals surface area (Å²) in [5, 5.41) is 13.0. The van der Waals surface area contributed by atoms with E-state index in [1.165, 1.54) is 11.5 Å². The lowest BCUT2D eigenvalue weighted by atomic mass is 9.93. The van der Waals surface area contributed by atoms with Gasteiger partial charge < -0.3 is 9.84 Å². The number of ether oxygens (including phenoxy) is 1. The third-order valence-electron chi connectivity index (χ3n) is 7.12. The quantitative estimate of drug-likeness (QED) is 0.244. The van der Waals surface area contributed by atoms with E-state index < -0.39 is 23.6 Å². The van der Waals surface area contributed by atoms with E-state index in [4.69, 9.17) is 16.3 Å². The van der Waals surface area contributed by atoms with E-state index in [0.717, 1.165) is 38.3 Å². The highest BCUT2D eigenvalue weighted by atomic mass is 35.5. The Balaban J connectivity index is 1.34. The molecular weight excluding hydrogens is 520 g/mol. The number of benzene rings is 3. The predicted molar refractivity (Wildman–Crippen MR) is 151 cm³/mol. The molecular formula is C30H27ClN2O4S. The summed E-state index contributed by atoms with van der Waals surface area (Å²) in [5.74, 6) is -0.753. The largest absolute Gasteiger partial charge is 0.481 e. The van der Waals surface area contributed by atoms with Crippen molar-refractivity contribution < 1.29 is 19.4 Å². The summed E-state index contributed by atoms with van der Waals surface area (Å²) in [7, 11) is 0. The number of aliphatic carboxylic acids is 1. The molecule has 1 unspecified atom stereocenters. The Kier molecular flexibility index (Phi) is 6.99. The first-order valence-corrected chi connectivity index (χ1v) is 13.5. The van der Waals surface area contributed by atoms with Crippen LogP contribution in [0.4, 0.5) is 10.5 Å². The molecule has 1 atom stereocenters. The third-order valence-corrected chi connectivity index (χ3v) is 8.43. The number of hydrogen-bond donors (Lipinski definition) is 2. The van der Waals surface area contributed by atoms with Gasteiger partial charge in [-0.1, -0.05) is 72.3 Å². The highest BCUT2D eigenvalue weighted by Gasteiger charge is 2.51. The van der Waals surface area contributed by atoms with Crippen molar-refractivity contribution in [2.45, 2.75) is 45.1 Å². The number of carbonyl (C=O) groups is 2. The third kappa shape index (κ3) is 4.91. The lowest BCUT2D eigenvalue weighted by Gasteiger charge is -2.16. The van der Waals surface area contributed by atoms with Gasteiger partial charge in [-0.15, -0.1) is 0 Å². The Bertz CT molecular complexity index is 1530. The molecule has 6 nitrogen and oxygen atoms in total. The Labute approximate surface area is 230 Å². The van der Waals surface area contributed by atoms with E-state index in [0.29, 0.717) is 29.2 Å². The average molecular weight is 547 g/mol. The van der Waals surface area contributed by atoms with E-state index in [2.05, 4.69) is 15.8 Å². The molecule has 0 radical (unpaired) electrons. The highest BCUT2D eigenvalue weighted by molar-refractivity contribution is 7.10. The molecule has 0 spiro atoms. The van der Waals surface area contributed by atoms with Crippen molar-refractivity contribution in [3.8, 4) is 21.6 Å². The monoisotopic (exact) mass is 546 g/mol. The van der Waals surface area contributed by atoms with Crippen LogP contribution in [0, 0.1) is 13.8 Å². The van der Waals surface area contributed by atoms with Crippen LogP contribution in [-0.2, 0) is 14.9 Å². The number of aromatic nitrogens is 1. The van der Waals surface area contributed by atoms with E-state index in [9.17, 15) is 14.7 Å². The zero-order valence-corrected chi connectivity index (χ0v) is 22.8. The zero-order chi connectivity index (χ0) is 27.0. The second-order valence-electron chi connectivity index (χ2n) is 9.66. The lowest BCUT2D eigenvalue weighted by Crippen LogP contribution is -2.19. The van der Waals surface area contributed by atoms with Crippen LogP contribution in [0.15, 0.2) is 66.7 Å². The number of carboxylic acid groups (broad SMARTS) is 1. The van der Waals surface area contributed by atoms with Crippen molar-refractivity contribution in [2.24, 2.45) is 0 Å². The van der Waals surface area contributed by atoms with Crippen LogP contribution in [0.25, 0.3) is 21.6 Å². The van der Waals surface area contributed by atoms with Gasteiger partial charge in [-0.25, -0.2) is 4.79 Å². The number of nitrogens with one attached hydrogen (secondary N) is 1. The first-order valence-electron chi connectivity index (χ1n) is 12.3. The maximum atomic E-state index is 12.8. The van der Waals surface area contributed by atoms with E-state index >= 15 is 0 Å². The number of carbonyl (C=O) groups excluding carboxylic acids is 1. The highest BCUT2D eigenvalue weighted by Crippen LogP contribution is 2.48. The molecule has 1 saturated carbocycles. The normalized spacial score (nSPS) is 14.5. The van der Waals surface area contributed by atoms with Crippen molar-refractivity contribution in [3.05, 3.63) is 94.1 Å². The Morgan fingerprint density at radius 1 is 1.05 bits per heavy atom. The summed E-state index contributed by atoms with van der Waals surface area (Å²) in [6.07, 6.45) is 0.280. The summed E-state index contributed by atoms with van der Waals surface area (Å²) in [4.78, 5) is 25.3. The molecule has 1 heterocycles. The zero-order valence-electron chi connectivity index (χ0n) is 21.2. The number of nitrogens with zero attached hydrogens (tertiary/aromatic N) is 1. The fourth-order valence-electron chi connectivity index (χ4n) is 4.69. The topological polar surface area (TPSA) is 88.5 Å². The molecule has 2 N–H and O–H groups in total. The molecule has 3 aromatic carbocycles. The van der Waals surface area contributed by atoms with Crippen molar-refractivity contribution in [1.82, 2.24) is 4.37 Å². The molecule has 38 heavy (non-hydrogen) atoms. The first kappa shape index (κ1) is 25.9. The number of carboxylic acids is 1. The van der Waals surface area contributed by atoms with Crippen molar-refractivity contribution in [2.75, 3.05) is 5.32 Å². The van der Waals surface area contributed by atoms with Crippen molar-refractivity contribution >= 4 is 40.9 Å². The summed E-state index contributed by atoms with van der Waals surface area (Å²) in [5.41, 5.74) is 6.25. The van der Waals surface area contributed by atoms with Gasteiger partial charge in [0.2, 0.25) is 0 Å². The minimum atomic E-state index is -0.753. The molecule has 0 saturated heterocycles. The van der Waals surface area contributed by atoms with E-state index in [1.54, 1.807) is 13.0 Å². The number of amides is 1. The Hall–Kier alpha value is -3.68. The Morgan fingerprint density at radius 2 is 1.74 bits per heavy atom. The number of halogens is 1. The molecule has 1 aromatic heterocycles. The number of rotatable bonds is 7. The summed E-state index contributed by atoms with van der Waals surface area (Å²) in [6, 6.07) is 21.2. The van der Waals surface area contributed by atoms with Crippen LogP contribution >= 0.6 is 23.1 Å². The molecule has 1 fully saturated rings. The minimum absolute atomic E-state index is 0.517. The fraction of sp³-hybridized carbons (Fsp3) is 0.233. The van der Waals surface area contributed by atoms with Crippen LogP contribution in [0.5, 0.6) is 0 Å². The molecule has 0 aliphatic heterocycles. The number of aryl methyl sites for hydroxylation is 2. The van der Waals surface area contributed by atoms with Gasteiger partial charge in [0.15, 0.2) is 0 Å². The molecule has 1 aliphatic rings. The average Bonchev–Trinajstić information content (AvgIpc) is 3.64. The van der Waals surface area contributed by atoms with Gasteiger partial charge in [0.05, 0.1) is 21.7 Å². The SMILES string of the molecule is Cc1cc(-c2ccc(C3(C(=O)O)CC3)cc2)ccc1-c1snc(C)c1NC(=O)OC(C)c1ccccc1Cl. The summed E-state index contributed by atoms with van der Waals surface area (Å²) < 4.78 is 10.1. The second-order valence-corrected chi connectivity index (χ2v) is 10.8. The summed E-state index contributed by atoms with van der Waals surface area (Å²) in [6.45, 7) is 5.65. The van der Waals surface area contributed by atoms with E-state index in [-0.39, 0.29) is 0 Å². The maximum Gasteiger partial charge on any atom is 0.412 e. The smallest absolute Gasteiger partial charge is 0.412 e. The van der Waals surface area contributed by atoms with Crippen molar-refractivity contribution in [1.29, 1.82) is 0 Å². The van der Waals surface area contributed by atoms with Gasteiger partial charge in [-0.2, -0.15) is 4.37 Å². The standard InChI is InChI=1S/C30H27ClN2O4S/c1-17-16-21(20-8-11-22(12-9-20)30(14-15-30)28(34)35)10-13-23(17)27-26(18(2)33-38-27)32-29(36)37-19(3)24-6-4-5-7-25(24)31/h4-13,16,19H,14-15H2,1-3H3,(H,32,36)(H,34,35). The second kappa shape index (κ2) is 10.2. The molecule has 0 bridgehead atoms. The van der Waals surface area contributed by atoms with Crippen LogP contribution < -0.4 is 5.32 Å². The molecule has 8 heteroatoms. The Morgan fingerprint density at radius 3 is 2.37 bits per heavy atom. The van der Waals surface area contributed by atoms with Gasteiger partial charge >= 0.3 is 12.1 Å². The maximum absolute atomic E-state index is 12.8. The first-order chi connectivity index (χ1) is 18.2. The van der Waals surface area contributed by atoms with Crippen molar-refractivity contribution in [3.63, 3.8) is 0 Å². The molecule has 1 amide bonds. The molecule has 4 aromatic rings.